The van der Waals surface area contributed by atoms with Crippen LogP contribution in [0.3, 0.4) is 0 Å². The minimum atomic E-state index is -0.212. The predicted molar refractivity (Wildman–Crippen MR) is 94.2 cm³/mol. The fourth-order valence-electron chi connectivity index (χ4n) is 2.47. The van der Waals surface area contributed by atoms with Gasteiger partial charge in [0.2, 0.25) is 0 Å². The quantitative estimate of drug-likeness (QED) is 0.688. The summed E-state index contributed by atoms with van der Waals surface area (Å²) in [6, 6.07) is 1.93. The summed E-state index contributed by atoms with van der Waals surface area (Å²) >= 11 is 1.61. The zero-order chi connectivity index (χ0) is 16.7. The molecule has 23 heavy (non-hydrogen) atoms. The molecule has 2 atom stereocenters. The highest BCUT2D eigenvalue weighted by Gasteiger charge is 2.28. The number of unbranched alkanes of at least 4 members (excludes halogenated alkanes) is 1. The molecule has 2 heterocycles. The Morgan fingerprint density at radius 1 is 1.48 bits per heavy atom. The van der Waals surface area contributed by atoms with Crippen molar-refractivity contribution in [1.82, 2.24) is 9.55 Å². The van der Waals surface area contributed by atoms with Gasteiger partial charge in [0.25, 0.3) is 0 Å². The first kappa shape index (κ1) is 18.3. The predicted octanol–water partition coefficient (Wildman–Crippen LogP) is 2.49. The fraction of sp³-hybridized carbons (Fsp3) is 0.750. The molecule has 1 aliphatic heterocycles. The molecule has 1 unspecified atom stereocenters. The van der Waals surface area contributed by atoms with Gasteiger partial charge < -0.3 is 14.4 Å². The lowest BCUT2D eigenvalue weighted by Crippen LogP contribution is -2.31. The molecule has 1 fully saturated rings. The summed E-state index contributed by atoms with van der Waals surface area (Å²) in [4.78, 5) is 18.8. The Hall–Kier alpha value is -1.05. The van der Waals surface area contributed by atoms with Crippen LogP contribution in [-0.4, -0.2) is 47.9 Å². The smallest absolute Gasteiger partial charge is 0.350 e. The molecule has 6 nitrogen and oxygen atoms in total. The molecule has 0 saturated carbocycles. The van der Waals surface area contributed by atoms with Crippen molar-refractivity contribution in [2.45, 2.75) is 44.4 Å². The number of thioether (sulfide) groups is 1. The Kier molecular flexibility index (Phi) is 7.39. The Morgan fingerprint density at radius 3 is 2.96 bits per heavy atom. The Labute approximate surface area is 142 Å². The van der Waals surface area contributed by atoms with Crippen molar-refractivity contribution in [3.05, 3.63) is 22.7 Å². The van der Waals surface area contributed by atoms with E-state index in [0.29, 0.717) is 19.8 Å². The van der Waals surface area contributed by atoms with Gasteiger partial charge in [-0.3, -0.25) is 4.57 Å². The number of aromatic nitrogens is 2. The molecule has 130 valence electrons. The highest BCUT2D eigenvalue weighted by atomic mass is 32.2. The Balaban J connectivity index is 2.03. The van der Waals surface area contributed by atoms with Gasteiger partial charge in [0.15, 0.2) is 0 Å². The zero-order valence-electron chi connectivity index (χ0n) is 14.2. The standard InChI is InChI=1S/C16H27N3O3S/c1-4-7-9-18(5-2)13-8-10-19(16(20)17-13)14-11-22-15(23-14)12-21-6-3/h8,10,14-15H,4-7,9,11-12H2,1-3H3/t14?,15-/m0/s1. The van der Waals surface area contributed by atoms with E-state index >= 15 is 0 Å². The van der Waals surface area contributed by atoms with Crippen LogP contribution in [0.4, 0.5) is 5.82 Å². The molecule has 2 rings (SSSR count). The average Bonchev–Trinajstić information content (AvgIpc) is 3.02. The topological polar surface area (TPSA) is 56.6 Å². The van der Waals surface area contributed by atoms with Crippen LogP contribution in [0.1, 0.15) is 39.0 Å². The Bertz CT molecular complexity index is 538. The van der Waals surface area contributed by atoms with Crippen LogP contribution in [0, 0.1) is 0 Å². The zero-order valence-corrected chi connectivity index (χ0v) is 15.1. The molecule has 1 aliphatic rings. The van der Waals surface area contributed by atoms with Crippen molar-refractivity contribution in [2.75, 3.05) is 37.8 Å². The maximum absolute atomic E-state index is 12.4. The van der Waals surface area contributed by atoms with Gasteiger partial charge in [0.1, 0.15) is 16.6 Å². The molecule has 0 radical (unpaired) electrons. The summed E-state index contributed by atoms with van der Waals surface area (Å²) in [6.07, 6.45) is 4.07. The van der Waals surface area contributed by atoms with Crippen molar-refractivity contribution in [3.8, 4) is 0 Å². The van der Waals surface area contributed by atoms with Gasteiger partial charge in [-0.1, -0.05) is 13.3 Å². The van der Waals surface area contributed by atoms with Crippen molar-refractivity contribution in [2.24, 2.45) is 0 Å². The molecule has 7 heteroatoms. The molecule has 0 aliphatic carbocycles. The summed E-state index contributed by atoms with van der Waals surface area (Å²) in [5.41, 5.74) is -0.223. The van der Waals surface area contributed by atoms with Gasteiger partial charge in [-0.25, -0.2) is 4.79 Å². The van der Waals surface area contributed by atoms with E-state index in [4.69, 9.17) is 9.47 Å². The SMILES string of the molecule is CCCCN(CC)c1ccn(C2CO[C@H](COCC)S2)c(=O)n1. The second kappa shape index (κ2) is 9.30. The third kappa shape index (κ3) is 4.96. The fourth-order valence-corrected chi connectivity index (χ4v) is 3.60. The number of nitrogens with zero attached hydrogens (tertiary/aromatic N) is 3. The van der Waals surface area contributed by atoms with E-state index in [0.717, 1.165) is 31.7 Å². The normalized spacial score (nSPS) is 20.8. The summed E-state index contributed by atoms with van der Waals surface area (Å²) in [6.45, 7) is 9.73. The lowest BCUT2D eigenvalue weighted by molar-refractivity contribution is 0.0426. The van der Waals surface area contributed by atoms with Gasteiger partial charge in [-0.2, -0.15) is 4.98 Å². The average molecular weight is 341 g/mol. The first-order chi connectivity index (χ1) is 11.2. The van der Waals surface area contributed by atoms with E-state index in [-0.39, 0.29) is 16.5 Å². The summed E-state index contributed by atoms with van der Waals surface area (Å²) < 4.78 is 12.7. The van der Waals surface area contributed by atoms with E-state index in [9.17, 15) is 4.79 Å². The van der Waals surface area contributed by atoms with Gasteiger partial charge in [0, 0.05) is 25.9 Å². The van der Waals surface area contributed by atoms with Gasteiger partial charge in [-0.15, -0.1) is 11.8 Å². The van der Waals surface area contributed by atoms with Gasteiger partial charge in [0.05, 0.1) is 13.2 Å². The van der Waals surface area contributed by atoms with E-state index in [1.54, 1.807) is 16.3 Å². The molecule has 1 aromatic rings. The molecule has 0 spiro atoms. The minimum Gasteiger partial charge on any atom is -0.378 e. The van der Waals surface area contributed by atoms with E-state index in [1.165, 1.54) is 0 Å². The minimum absolute atomic E-state index is 0.0109. The van der Waals surface area contributed by atoms with Crippen LogP contribution in [0.15, 0.2) is 17.1 Å². The van der Waals surface area contributed by atoms with Crippen LogP contribution in [0.5, 0.6) is 0 Å². The third-order valence-electron chi connectivity index (χ3n) is 3.80. The summed E-state index contributed by atoms with van der Waals surface area (Å²) in [5, 5.41) is -0.0276. The number of hydrogen-bond acceptors (Lipinski definition) is 6. The van der Waals surface area contributed by atoms with E-state index < -0.39 is 0 Å². The van der Waals surface area contributed by atoms with Crippen molar-refractivity contribution in [1.29, 1.82) is 0 Å². The maximum Gasteiger partial charge on any atom is 0.350 e. The first-order valence-corrected chi connectivity index (χ1v) is 9.32. The van der Waals surface area contributed by atoms with Crippen LogP contribution < -0.4 is 10.6 Å². The lowest BCUT2D eigenvalue weighted by Gasteiger charge is -2.22. The molecule has 1 saturated heterocycles. The van der Waals surface area contributed by atoms with Crippen molar-refractivity contribution >= 4 is 17.6 Å². The van der Waals surface area contributed by atoms with Gasteiger partial charge in [-0.05, 0) is 26.3 Å². The molecular formula is C16H27N3O3S. The third-order valence-corrected chi connectivity index (χ3v) is 5.06. The summed E-state index contributed by atoms with van der Waals surface area (Å²) in [5.74, 6) is 0.761. The maximum atomic E-state index is 12.4. The highest BCUT2D eigenvalue weighted by Crippen LogP contribution is 2.34. The number of anilines is 1. The first-order valence-electron chi connectivity index (χ1n) is 8.38. The summed E-state index contributed by atoms with van der Waals surface area (Å²) in [7, 11) is 0. The molecule has 0 N–H and O–H groups in total. The number of hydrogen-bond donors (Lipinski definition) is 0. The molecular weight excluding hydrogens is 314 g/mol. The van der Waals surface area contributed by atoms with Crippen LogP contribution in [0.2, 0.25) is 0 Å². The van der Waals surface area contributed by atoms with Crippen LogP contribution in [0.25, 0.3) is 0 Å². The number of rotatable bonds is 9. The monoisotopic (exact) mass is 341 g/mol. The van der Waals surface area contributed by atoms with Crippen molar-refractivity contribution < 1.29 is 9.47 Å². The largest absolute Gasteiger partial charge is 0.378 e. The van der Waals surface area contributed by atoms with Crippen molar-refractivity contribution in [3.63, 3.8) is 0 Å². The van der Waals surface area contributed by atoms with Crippen LogP contribution >= 0.6 is 11.8 Å². The molecule has 0 bridgehead atoms. The lowest BCUT2D eigenvalue weighted by atomic mass is 10.3. The second-order valence-corrected chi connectivity index (χ2v) is 6.76. The molecule has 1 aromatic heterocycles. The Morgan fingerprint density at radius 2 is 2.30 bits per heavy atom. The highest BCUT2D eigenvalue weighted by molar-refractivity contribution is 8.00. The second-order valence-electron chi connectivity index (χ2n) is 5.42. The van der Waals surface area contributed by atoms with E-state index in [1.807, 2.05) is 19.2 Å². The van der Waals surface area contributed by atoms with E-state index in [2.05, 4.69) is 23.7 Å². The molecule has 0 amide bonds. The van der Waals surface area contributed by atoms with Gasteiger partial charge >= 0.3 is 5.69 Å². The number of ether oxygens (including phenoxy) is 2. The molecule has 0 aromatic carbocycles. The van der Waals surface area contributed by atoms with Crippen LogP contribution in [-0.2, 0) is 9.47 Å².